The third-order valence-corrected chi connectivity index (χ3v) is 6.53. The molecule has 0 spiro atoms. The van der Waals surface area contributed by atoms with Gasteiger partial charge in [-0.1, -0.05) is 29.8 Å². The quantitative estimate of drug-likeness (QED) is 0.471. The SMILES string of the molecule is Cc1cc([N+](=O)[O-])c(N2CCOCC2)cc1NC(=O)c1sc2ccccc2c1Cl. The Balaban J connectivity index is 1.69. The Labute approximate surface area is 176 Å². The van der Waals surface area contributed by atoms with Crippen molar-refractivity contribution in [2.45, 2.75) is 6.92 Å². The maximum Gasteiger partial charge on any atom is 0.292 e. The molecule has 1 aliphatic heterocycles. The number of morpholine rings is 1. The minimum Gasteiger partial charge on any atom is -0.378 e. The van der Waals surface area contributed by atoms with Crippen molar-refractivity contribution in [1.29, 1.82) is 0 Å². The molecule has 0 bridgehead atoms. The zero-order chi connectivity index (χ0) is 20.5. The van der Waals surface area contributed by atoms with E-state index in [1.165, 1.54) is 17.4 Å². The second-order valence-electron chi connectivity index (χ2n) is 6.71. The van der Waals surface area contributed by atoms with Crippen molar-refractivity contribution in [1.82, 2.24) is 0 Å². The largest absolute Gasteiger partial charge is 0.378 e. The lowest BCUT2D eigenvalue weighted by Gasteiger charge is -2.29. The molecule has 1 aromatic heterocycles. The van der Waals surface area contributed by atoms with Crippen LogP contribution in [0, 0.1) is 17.0 Å². The highest BCUT2D eigenvalue weighted by atomic mass is 35.5. The second-order valence-corrected chi connectivity index (χ2v) is 8.14. The summed E-state index contributed by atoms with van der Waals surface area (Å²) in [6.45, 7) is 3.85. The number of ether oxygens (including phenoxy) is 1. The van der Waals surface area contributed by atoms with Crippen LogP contribution in [0.2, 0.25) is 5.02 Å². The molecular formula is C20H18ClN3O4S. The average Bonchev–Trinajstić information content (AvgIpc) is 3.07. The number of nitro groups is 1. The third-order valence-electron chi connectivity index (χ3n) is 4.86. The summed E-state index contributed by atoms with van der Waals surface area (Å²) >= 11 is 7.73. The van der Waals surface area contributed by atoms with E-state index in [9.17, 15) is 14.9 Å². The smallest absolute Gasteiger partial charge is 0.292 e. The Hall–Kier alpha value is -2.68. The van der Waals surface area contributed by atoms with Gasteiger partial charge in [-0.15, -0.1) is 11.3 Å². The number of thiophene rings is 1. The summed E-state index contributed by atoms with van der Waals surface area (Å²) in [5.41, 5.74) is 1.62. The fourth-order valence-electron chi connectivity index (χ4n) is 3.36. The van der Waals surface area contributed by atoms with Gasteiger partial charge in [0.1, 0.15) is 10.6 Å². The summed E-state index contributed by atoms with van der Waals surface area (Å²) in [5, 5.41) is 15.7. The van der Waals surface area contributed by atoms with E-state index in [1.807, 2.05) is 29.2 Å². The number of nitrogens with one attached hydrogen (secondary N) is 1. The molecule has 4 rings (SSSR count). The van der Waals surface area contributed by atoms with Gasteiger partial charge >= 0.3 is 0 Å². The molecule has 2 heterocycles. The predicted octanol–water partition coefficient (Wildman–Crippen LogP) is 4.86. The molecule has 29 heavy (non-hydrogen) atoms. The fourth-order valence-corrected chi connectivity index (χ4v) is 4.77. The summed E-state index contributed by atoms with van der Waals surface area (Å²) in [7, 11) is 0. The van der Waals surface area contributed by atoms with E-state index in [2.05, 4.69) is 5.32 Å². The van der Waals surface area contributed by atoms with Crippen LogP contribution in [-0.2, 0) is 4.74 Å². The van der Waals surface area contributed by atoms with E-state index >= 15 is 0 Å². The van der Waals surface area contributed by atoms with E-state index in [-0.39, 0.29) is 11.6 Å². The number of anilines is 2. The highest BCUT2D eigenvalue weighted by Crippen LogP contribution is 2.37. The monoisotopic (exact) mass is 431 g/mol. The molecule has 1 amide bonds. The van der Waals surface area contributed by atoms with Crippen LogP contribution in [0.3, 0.4) is 0 Å². The maximum absolute atomic E-state index is 12.9. The Morgan fingerprint density at radius 1 is 1.28 bits per heavy atom. The highest BCUT2D eigenvalue weighted by Gasteiger charge is 2.25. The number of aryl methyl sites for hydroxylation is 1. The van der Waals surface area contributed by atoms with Crippen LogP contribution in [0.25, 0.3) is 10.1 Å². The predicted molar refractivity (Wildman–Crippen MR) is 116 cm³/mol. The van der Waals surface area contributed by atoms with Gasteiger partial charge < -0.3 is 15.0 Å². The number of hydrogen-bond acceptors (Lipinski definition) is 6. The number of carbonyl (C=O) groups excluding carboxylic acids is 1. The lowest BCUT2D eigenvalue weighted by Crippen LogP contribution is -2.36. The van der Waals surface area contributed by atoms with Crippen LogP contribution < -0.4 is 10.2 Å². The number of benzene rings is 2. The number of halogens is 1. The lowest BCUT2D eigenvalue weighted by atomic mass is 10.1. The van der Waals surface area contributed by atoms with Crippen molar-refractivity contribution in [3.8, 4) is 0 Å². The second kappa shape index (κ2) is 7.98. The van der Waals surface area contributed by atoms with Crippen molar-refractivity contribution in [2.24, 2.45) is 0 Å². The molecule has 3 aromatic rings. The molecule has 0 aliphatic carbocycles. The fraction of sp³-hybridized carbons (Fsp3) is 0.250. The van der Waals surface area contributed by atoms with E-state index in [0.717, 1.165) is 10.1 Å². The summed E-state index contributed by atoms with van der Waals surface area (Å²) in [4.78, 5) is 26.4. The van der Waals surface area contributed by atoms with Gasteiger partial charge in [0.15, 0.2) is 0 Å². The van der Waals surface area contributed by atoms with Crippen LogP contribution in [0.15, 0.2) is 36.4 Å². The Kier molecular flexibility index (Phi) is 5.40. The number of amides is 1. The molecule has 9 heteroatoms. The molecule has 1 saturated heterocycles. The molecule has 7 nitrogen and oxygen atoms in total. The zero-order valence-corrected chi connectivity index (χ0v) is 17.2. The van der Waals surface area contributed by atoms with Gasteiger partial charge in [-0.2, -0.15) is 0 Å². The van der Waals surface area contributed by atoms with Gasteiger partial charge in [0.05, 0.1) is 23.2 Å². The van der Waals surface area contributed by atoms with Gasteiger partial charge in [-0.25, -0.2) is 0 Å². The molecule has 1 N–H and O–H groups in total. The van der Waals surface area contributed by atoms with Crippen molar-refractivity contribution >= 4 is 56.0 Å². The molecule has 0 saturated carbocycles. The van der Waals surface area contributed by atoms with E-state index in [4.69, 9.17) is 16.3 Å². The number of carbonyl (C=O) groups is 1. The van der Waals surface area contributed by atoms with E-state index < -0.39 is 4.92 Å². The molecule has 0 radical (unpaired) electrons. The zero-order valence-electron chi connectivity index (χ0n) is 15.6. The first kappa shape index (κ1) is 19.6. The summed E-state index contributed by atoms with van der Waals surface area (Å²) < 4.78 is 6.27. The van der Waals surface area contributed by atoms with Crippen LogP contribution in [0.1, 0.15) is 15.2 Å². The number of hydrogen-bond donors (Lipinski definition) is 1. The topological polar surface area (TPSA) is 84.7 Å². The number of nitrogens with zero attached hydrogens (tertiary/aromatic N) is 2. The summed E-state index contributed by atoms with van der Waals surface area (Å²) in [5.74, 6) is -0.332. The third kappa shape index (κ3) is 3.78. The number of fused-ring (bicyclic) bond motifs is 1. The van der Waals surface area contributed by atoms with Crippen molar-refractivity contribution < 1.29 is 14.5 Å². The Morgan fingerprint density at radius 3 is 2.69 bits per heavy atom. The van der Waals surface area contributed by atoms with Gasteiger partial charge in [0, 0.05) is 34.9 Å². The van der Waals surface area contributed by atoms with Crippen LogP contribution in [0.5, 0.6) is 0 Å². The Bertz CT molecular complexity index is 1110. The molecule has 0 atom stereocenters. The lowest BCUT2D eigenvalue weighted by molar-refractivity contribution is -0.384. The average molecular weight is 432 g/mol. The van der Waals surface area contributed by atoms with Crippen molar-refractivity contribution in [2.75, 3.05) is 36.5 Å². The normalized spacial score (nSPS) is 14.2. The van der Waals surface area contributed by atoms with Crippen molar-refractivity contribution in [3.05, 3.63) is 62.0 Å². The molecule has 2 aromatic carbocycles. The first-order chi connectivity index (χ1) is 14.0. The number of rotatable bonds is 4. The van der Waals surface area contributed by atoms with Gasteiger partial charge in [-0.3, -0.25) is 14.9 Å². The molecule has 150 valence electrons. The highest BCUT2D eigenvalue weighted by molar-refractivity contribution is 7.21. The standard InChI is InChI=1S/C20H18ClN3O4S/c1-12-10-16(24(26)27)15(23-6-8-28-9-7-23)11-14(12)22-20(25)19-18(21)13-4-2-3-5-17(13)29-19/h2-5,10-11H,6-9H2,1H3,(H,22,25). The Morgan fingerprint density at radius 2 is 2.00 bits per heavy atom. The van der Waals surface area contributed by atoms with Crippen LogP contribution in [-0.4, -0.2) is 37.1 Å². The van der Waals surface area contributed by atoms with Crippen molar-refractivity contribution in [3.63, 3.8) is 0 Å². The summed E-state index contributed by atoms with van der Waals surface area (Å²) in [6, 6.07) is 10.7. The molecule has 1 fully saturated rings. The van der Waals surface area contributed by atoms with Gasteiger partial charge in [-0.05, 0) is 24.6 Å². The molecule has 1 aliphatic rings. The van der Waals surface area contributed by atoms with E-state index in [1.54, 1.807) is 13.0 Å². The first-order valence-corrected chi connectivity index (χ1v) is 10.3. The molecular weight excluding hydrogens is 414 g/mol. The van der Waals surface area contributed by atoms with Crippen LogP contribution in [0.4, 0.5) is 17.1 Å². The summed E-state index contributed by atoms with van der Waals surface area (Å²) in [6.07, 6.45) is 0. The number of nitro benzene ring substituents is 1. The minimum absolute atomic E-state index is 0.0160. The van der Waals surface area contributed by atoms with Crippen LogP contribution >= 0.6 is 22.9 Å². The first-order valence-electron chi connectivity index (χ1n) is 9.06. The maximum atomic E-state index is 12.9. The molecule has 0 unspecified atom stereocenters. The van der Waals surface area contributed by atoms with E-state index in [0.29, 0.717) is 53.1 Å². The minimum atomic E-state index is -0.397. The van der Waals surface area contributed by atoms with Gasteiger partial charge in [0.2, 0.25) is 0 Å². The van der Waals surface area contributed by atoms with Gasteiger partial charge in [0.25, 0.3) is 11.6 Å².